The van der Waals surface area contributed by atoms with Crippen LogP contribution < -0.4 is 11.1 Å². The van der Waals surface area contributed by atoms with Crippen molar-refractivity contribution >= 4 is 0 Å². The first-order chi connectivity index (χ1) is 6.61. The van der Waals surface area contributed by atoms with Gasteiger partial charge in [-0.1, -0.05) is 24.3 Å². The molecule has 2 heteroatoms. The molecule has 1 aliphatic heterocycles. The number of hydrogen-bond donors (Lipinski definition) is 2. The highest BCUT2D eigenvalue weighted by Crippen LogP contribution is 2.31. The lowest BCUT2D eigenvalue weighted by Gasteiger charge is -2.27. The van der Waals surface area contributed by atoms with E-state index in [0.717, 1.165) is 13.1 Å². The predicted octanol–water partition coefficient (Wildman–Crippen LogP) is 1.40. The van der Waals surface area contributed by atoms with Crippen molar-refractivity contribution < 1.29 is 0 Å². The number of nitrogens with two attached hydrogens (primary N) is 1. The van der Waals surface area contributed by atoms with E-state index in [1.165, 1.54) is 11.1 Å². The SMILES string of the molecule is Cc1ccccc1[C@@H]1CNC[C@@]1(C)N. The van der Waals surface area contributed by atoms with Gasteiger partial charge in [-0.05, 0) is 25.0 Å². The van der Waals surface area contributed by atoms with E-state index in [1.54, 1.807) is 0 Å². The van der Waals surface area contributed by atoms with Crippen LogP contribution >= 0.6 is 0 Å². The Morgan fingerprint density at radius 3 is 2.71 bits per heavy atom. The Morgan fingerprint density at radius 2 is 2.14 bits per heavy atom. The van der Waals surface area contributed by atoms with Gasteiger partial charge < -0.3 is 11.1 Å². The molecule has 76 valence electrons. The van der Waals surface area contributed by atoms with Gasteiger partial charge in [-0.2, -0.15) is 0 Å². The summed E-state index contributed by atoms with van der Waals surface area (Å²) in [5.74, 6) is 0.448. The van der Waals surface area contributed by atoms with Gasteiger partial charge in [0.05, 0.1) is 0 Å². The molecule has 1 fully saturated rings. The molecule has 1 aliphatic rings. The molecule has 3 N–H and O–H groups in total. The van der Waals surface area contributed by atoms with Gasteiger partial charge in [-0.15, -0.1) is 0 Å². The van der Waals surface area contributed by atoms with Crippen LogP contribution in [0.4, 0.5) is 0 Å². The third kappa shape index (κ3) is 1.56. The van der Waals surface area contributed by atoms with E-state index in [1.807, 2.05) is 0 Å². The van der Waals surface area contributed by atoms with Crippen molar-refractivity contribution in [1.29, 1.82) is 0 Å². The second-order valence-corrected chi connectivity index (χ2v) is 4.55. The third-order valence-electron chi connectivity index (χ3n) is 3.21. The molecule has 2 rings (SSSR count). The Labute approximate surface area is 85.5 Å². The Balaban J connectivity index is 2.36. The molecule has 0 aliphatic carbocycles. The second kappa shape index (κ2) is 3.37. The zero-order valence-electron chi connectivity index (χ0n) is 8.88. The maximum atomic E-state index is 6.26. The molecule has 1 aromatic carbocycles. The molecule has 2 atom stereocenters. The minimum Gasteiger partial charge on any atom is -0.324 e. The van der Waals surface area contributed by atoms with Crippen LogP contribution in [0.5, 0.6) is 0 Å². The predicted molar refractivity (Wildman–Crippen MR) is 59.4 cm³/mol. The van der Waals surface area contributed by atoms with E-state index in [4.69, 9.17) is 5.73 Å². The van der Waals surface area contributed by atoms with E-state index in [-0.39, 0.29) is 5.54 Å². The summed E-state index contributed by atoms with van der Waals surface area (Å²) in [4.78, 5) is 0. The van der Waals surface area contributed by atoms with E-state index < -0.39 is 0 Å². The first kappa shape index (κ1) is 9.69. The second-order valence-electron chi connectivity index (χ2n) is 4.55. The van der Waals surface area contributed by atoms with Crippen molar-refractivity contribution in [1.82, 2.24) is 5.32 Å². The quantitative estimate of drug-likeness (QED) is 0.702. The number of benzene rings is 1. The van der Waals surface area contributed by atoms with E-state index >= 15 is 0 Å². The lowest BCUT2D eigenvalue weighted by atomic mass is 9.82. The van der Waals surface area contributed by atoms with Crippen LogP contribution in [0.3, 0.4) is 0 Å². The number of rotatable bonds is 1. The minimum absolute atomic E-state index is 0.105. The highest BCUT2D eigenvalue weighted by Gasteiger charge is 2.36. The van der Waals surface area contributed by atoms with Gasteiger partial charge in [0.15, 0.2) is 0 Å². The minimum atomic E-state index is -0.105. The molecular weight excluding hydrogens is 172 g/mol. The van der Waals surface area contributed by atoms with Gasteiger partial charge >= 0.3 is 0 Å². The summed E-state index contributed by atoms with van der Waals surface area (Å²) in [5, 5.41) is 3.36. The largest absolute Gasteiger partial charge is 0.324 e. The maximum Gasteiger partial charge on any atom is 0.0334 e. The Bertz CT molecular complexity index is 331. The van der Waals surface area contributed by atoms with Crippen molar-refractivity contribution in [2.45, 2.75) is 25.3 Å². The first-order valence-corrected chi connectivity index (χ1v) is 5.16. The molecular formula is C12H18N2. The topological polar surface area (TPSA) is 38.0 Å². The van der Waals surface area contributed by atoms with Crippen molar-refractivity contribution in [2.75, 3.05) is 13.1 Å². The van der Waals surface area contributed by atoms with Crippen LogP contribution in [-0.2, 0) is 0 Å². The molecule has 0 radical (unpaired) electrons. The molecule has 1 saturated heterocycles. The molecule has 1 heterocycles. The summed E-state index contributed by atoms with van der Waals surface area (Å²) in [6, 6.07) is 8.52. The number of aryl methyl sites for hydroxylation is 1. The van der Waals surface area contributed by atoms with E-state index in [2.05, 4.69) is 43.4 Å². The zero-order chi connectivity index (χ0) is 10.2. The summed E-state index contributed by atoms with van der Waals surface area (Å²) in [6.45, 7) is 6.19. The van der Waals surface area contributed by atoms with Crippen LogP contribution in [0, 0.1) is 6.92 Å². The van der Waals surface area contributed by atoms with Crippen LogP contribution in [0.15, 0.2) is 24.3 Å². The highest BCUT2D eigenvalue weighted by atomic mass is 15.0. The molecule has 2 nitrogen and oxygen atoms in total. The molecule has 0 amide bonds. The average Bonchev–Trinajstić information content (AvgIpc) is 2.46. The van der Waals surface area contributed by atoms with Gasteiger partial charge in [0, 0.05) is 24.5 Å². The van der Waals surface area contributed by atoms with Crippen molar-refractivity contribution in [2.24, 2.45) is 5.73 Å². The van der Waals surface area contributed by atoms with E-state index in [9.17, 15) is 0 Å². The van der Waals surface area contributed by atoms with Gasteiger partial charge in [0.1, 0.15) is 0 Å². The Kier molecular flexibility index (Phi) is 2.33. The summed E-state index contributed by atoms with van der Waals surface area (Å²) >= 11 is 0. The van der Waals surface area contributed by atoms with Crippen LogP contribution in [0.2, 0.25) is 0 Å². The number of hydrogen-bond acceptors (Lipinski definition) is 2. The molecule has 0 saturated carbocycles. The molecule has 0 aromatic heterocycles. The zero-order valence-corrected chi connectivity index (χ0v) is 8.88. The summed E-state index contributed by atoms with van der Waals surface area (Å²) in [7, 11) is 0. The number of nitrogens with one attached hydrogen (secondary N) is 1. The molecule has 1 aromatic rings. The Morgan fingerprint density at radius 1 is 1.43 bits per heavy atom. The van der Waals surface area contributed by atoms with Crippen LogP contribution in [0.1, 0.15) is 24.0 Å². The fourth-order valence-electron chi connectivity index (χ4n) is 2.29. The van der Waals surface area contributed by atoms with Gasteiger partial charge in [-0.25, -0.2) is 0 Å². The first-order valence-electron chi connectivity index (χ1n) is 5.16. The van der Waals surface area contributed by atoms with Crippen LogP contribution in [-0.4, -0.2) is 18.6 Å². The lowest BCUT2D eigenvalue weighted by Crippen LogP contribution is -2.43. The smallest absolute Gasteiger partial charge is 0.0334 e. The monoisotopic (exact) mass is 190 g/mol. The lowest BCUT2D eigenvalue weighted by molar-refractivity contribution is 0.461. The van der Waals surface area contributed by atoms with Gasteiger partial charge in [0.2, 0.25) is 0 Å². The van der Waals surface area contributed by atoms with Crippen molar-refractivity contribution in [3.8, 4) is 0 Å². The van der Waals surface area contributed by atoms with Gasteiger partial charge in [0.25, 0.3) is 0 Å². The molecule has 0 spiro atoms. The van der Waals surface area contributed by atoms with E-state index in [0.29, 0.717) is 5.92 Å². The fourth-order valence-corrected chi connectivity index (χ4v) is 2.29. The average molecular weight is 190 g/mol. The van der Waals surface area contributed by atoms with Crippen LogP contribution in [0.25, 0.3) is 0 Å². The normalized spacial score (nSPS) is 32.1. The van der Waals surface area contributed by atoms with Crippen molar-refractivity contribution in [3.05, 3.63) is 35.4 Å². The maximum absolute atomic E-state index is 6.26. The summed E-state index contributed by atoms with van der Waals surface area (Å²) < 4.78 is 0. The molecule has 14 heavy (non-hydrogen) atoms. The summed E-state index contributed by atoms with van der Waals surface area (Å²) in [6.07, 6.45) is 0. The summed E-state index contributed by atoms with van der Waals surface area (Å²) in [5.41, 5.74) is 8.89. The van der Waals surface area contributed by atoms with Crippen molar-refractivity contribution in [3.63, 3.8) is 0 Å². The fraction of sp³-hybridized carbons (Fsp3) is 0.500. The standard InChI is InChI=1S/C12H18N2/c1-9-5-3-4-6-10(9)11-7-14-8-12(11,2)13/h3-6,11,14H,7-8,13H2,1-2H3/t11-,12+/m0/s1. The highest BCUT2D eigenvalue weighted by molar-refractivity contribution is 5.33. The third-order valence-corrected chi connectivity index (χ3v) is 3.21. The van der Waals surface area contributed by atoms with Gasteiger partial charge in [-0.3, -0.25) is 0 Å². The molecule has 0 bridgehead atoms. The molecule has 0 unspecified atom stereocenters. The Hall–Kier alpha value is -0.860.